The molecule has 1 fully saturated rings. The van der Waals surface area contributed by atoms with Crippen molar-refractivity contribution in [1.29, 1.82) is 0 Å². The molecule has 0 aliphatic heterocycles. The molecule has 2 rings (SSSR count). The van der Waals surface area contributed by atoms with Crippen molar-refractivity contribution in [3.8, 4) is 0 Å². The third-order valence-corrected chi connectivity index (χ3v) is 3.92. The molecule has 0 spiro atoms. The standard InChI is InChI=1S/C15H21F2NO/c16-13-6-5-12(9-14(13)17)10-19-15(11-18)7-3-1-2-4-8-15/h5-6,9H,1-4,7-8,10-11,18H2. The van der Waals surface area contributed by atoms with E-state index in [1.54, 1.807) is 6.07 Å². The quantitative estimate of drug-likeness (QED) is 0.849. The van der Waals surface area contributed by atoms with Gasteiger partial charge >= 0.3 is 0 Å². The lowest BCUT2D eigenvalue weighted by Gasteiger charge is -2.31. The minimum absolute atomic E-state index is 0.286. The summed E-state index contributed by atoms with van der Waals surface area (Å²) in [5, 5.41) is 0. The fraction of sp³-hybridized carbons (Fsp3) is 0.600. The molecule has 1 aromatic rings. The molecule has 4 heteroatoms. The Balaban J connectivity index is 2.00. The highest BCUT2D eigenvalue weighted by Gasteiger charge is 2.30. The van der Waals surface area contributed by atoms with Crippen LogP contribution in [0.5, 0.6) is 0 Å². The third-order valence-electron chi connectivity index (χ3n) is 3.92. The molecule has 1 aliphatic rings. The van der Waals surface area contributed by atoms with Crippen LogP contribution in [0.15, 0.2) is 18.2 Å². The van der Waals surface area contributed by atoms with Gasteiger partial charge in [0.05, 0.1) is 12.2 Å². The number of rotatable bonds is 4. The smallest absolute Gasteiger partial charge is 0.159 e. The van der Waals surface area contributed by atoms with Gasteiger partial charge in [0.1, 0.15) is 0 Å². The predicted molar refractivity (Wildman–Crippen MR) is 70.6 cm³/mol. The van der Waals surface area contributed by atoms with Crippen LogP contribution in [0, 0.1) is 11.6 Å². The summed E-state index contributed by atoms with van der Waals surface area (Å²) in [7, 11) is 0. The molecule has 0 saturated heterocycles. The zero-order valence-electron chi connectivity index (χ0n) is 11.1. The maximum absolute atomic E-state index is 13.1. The summed E-state index contributed by atoms with van der Waals surface area (Å²) in [5.41, 5.74) is 6.23. The van der Waals surface area contributed by atoms with Crippen molar-refractivity contribution < 1.29 is 13.5 Å². The highest BCUT2D eigenvalue weighted by atomic mass is 19.2. The number of benzene rings is 1. The Hall–Kier alpha value is -1.00. The molecule has 0 radical (unpaired) electrons. The average Bonchev–Trinajstić information content (AvgIpc) is 2.66. The van der Waals surface area contributed by atoms with E-state index >= 15 is 0 Å². The van der Waals surface area contributed by atoms with Crippen LogP contribution in [0.1, 0.15) is 44.1 Å². The molecule has 2 nitrogen and oxygen atoms in total. The highest BCUT2D eigenvalue weighted by molar-refractivity contribution is 5.17. The summed E-state index contributed by atoms with van der Waals surface area (Å²) >= 11 is 0. The van der Waals surface area contributed by atoms with Crippen molar-refractivity contribution in [3.05, 3.63) is 35.4 Å². The van der Waals surface area contributed by atoms with Gasteiger partial charge in [-0.15, -0.1) is 0 Å². The van der Waals surface area contributed by atoms with E-state index in [0.717, 1.165) is 31.7 Å². The van der Waals surface area contributed by atoms with E-state index in [-0.39, 0.29) is 12.2 Å². The predicted octanol–water partition coefficient (Wildman–Crippen LogP) is 3.53. The van der Waals surface area contributed by atoms with E-state index in [1.165, 1.54) is 18.9 Å². The molecular formula is C15H21F2NO. The summed E-state index contributed by atoms with van der Waals surface area (Å²) in [6.45, 7) is 0.769. The van der Waals surface area contributed by atoms with E-state index in [0.29, 0.717) is 12.1 Å². The van der Waals surface area contributed by atoms with Gasteiger partial charge in [-0.1, -0.05) is 31.7 Å². The fourth-order valence-electron chi connectivity index (χ4n) is 2.65. The largest absolute Gasteiger partial charge is 0.369 e. The lowest BCUT2D eigenvalue weighted by Crippen LogP contribution is -2.40. The van der Waals surface area contributed by atoms with Gasteiger partial charge in [0.2, 0.25) is 0 Å². The van der Waals surface area contributed by atoms with Crippen LogP contribution < -0.4 is 5.73 Å². The minimum Gasteiger partial charge on any atom is -0.369 e. The first kappa shape index (κ1) is 14.4. The van der Waals surface area contributed by atoms with Crippen molar-refractivity contribution in [1.82, 2.24) is 0 Å². The van der Waals surface area contributed by atoms with Crippen molar-refractivity contribution in [2.24, 2.45) is 5.73 Å². The molecule has 1 aliphatic carbocycles. The van der Waals surface area contributed by atoms with Crippen LogP contribution in [0.25, 0.3) is 0 Å². The van der Waals surface area contributed by atoms with E-state index in [1.807, 2.05) is 0 Å². The molecule has 0 unspecified atom stereocenters. The number of hydrogen-bond acceptors (Lipinski definition) is 2. The van der Waals surface area contributed by atoms with Gasteiger partial charge in [-0.05, 0) is 30.5 Å². The normalized spacial score (nSPS) is 19.1. The maximum Gasteiger partial charge on any atom is 0.159 e. The average molecular weight is 269 g/mol. The Morgan fingerprint density at radius 2 is 1.74 bits per heavy atom. The molecule has 1 aromatic carbocycles. The van der Waals surface area contributed by atoms with Gasteiger partial charge < -0.3 is 10.5 Å². The monoisotopic (exact) mass is 269 g/mol. The topological polar surface area (TPSA) is 35.2 Å². The second-order valence-corrected chi connectivity index (χ2v) is 5.34. The molecule has 0 heterocycles. The van der Waals surface area contributed by atoms with E-state index < -0.39 is 11.6 Å². The third kappa shape index (κ3) is 3.74. The zero-order valence-corrected chi connectivity index (χ0v) is 11.1. The molecule has 19 heavy (non-hydrogen) atoms. The molecule has 0 bridgehead atoms. The van der Waals surface area contributed by atoms with Crippen LogP contribution in [-0.2, 0) is 11.3 Å². The Morgan fingerprint density at radius 3 is 2.32 bits per heavy atom. The minimum atomic E-state index is -0.830. The lowest BCUT2D eigenvalue weighted by atomic mass is 9.94. The molecule has 2 N–H and O–H groups in total. The van der Waals surface area contributed by atoms with Crippen molar-refractivity contribution in [2.45, 2.75) is 50.7 Å². The van der Waals surface area contributed by atoms with Crippen LogP contribution in [0.4, 0.5) is 8.78 Å². The van der Waals surface area contributed by atoms with Gasteiger partial charge in [-0.2, -0.15) is 0 Å². The van der Waals surface area contributed by atoms with Gasteiger partial charge in [0, 0.05) is 6.54 Å². The SMILES string of the molecule is NCC1(OCc2ccc(F)c(F)c2)CCCCCC1. The number of hydrogen-bond donors (Lipinski definition) is 1. The van der Waals surface area contributed by atoms with Gasteiger partial charge in [0.15, 0.2) is 11.6 Å². The first-order chi connectivity index (χ1) is 9.15. The van der Waals surface area contributed by atoms with Crippen molar-refractivity contribution in [3.63, 3.8) is 0 Å². The second kappa shape index (κ2) is 6.44. The summed E-state index contributed by atoms with van der Waals surface area (Å²) in [4.78, 5) is 0. The van der Waals surface area contributed by atoms with Gasteiger partial charge in [-0.3, -0.25) is 0 Å². The Kier molecular flexibility index (Phi) is 4.88. The van der Waals surface area contributed by atoms with Gasteiger partial charge in [-0.25, -0.2) is 8.78 Å². The van der Waals surface area contributed by atoms with Crippen LogP contribution in [-0.4, -0.2) is 12.1 Å². The summed E-state index contributed by atoms with van der Waals surface area (Å²) in [5.74, 6) is -1.66. The molecule has 0 atom stereocenters. The molecule has 1 saturated carbocycles. The number of ether oxygens (including phenoxy) is 1. The van der Waals surface area contributed by atoms with E-state index in [9.17, 15) is 8.78 Å². The summed E-state index contributed by atoms with van der Waals surface area (Å²) in [6, 6.07) is 3.88. The Labute approximate surface area is 112 Å². The molecule has 106 valence electrons. The van der Waals surface area contributed by atoms with Crippen molar-refractivity contribution in [2.75, 3.05) is 6.54 Å². The van der Waals surface area contributed by atoms with E-state index in [4.69, 9.17) is 10.5 Å². The second-order valence-electron chi connectivity index (χ2n) is 5.34. The number of halogens is 2. The molecule has 0 aromatic heterocycles. The lowest BCUT2D eigenvalue weighted by molar-refractivity contribution is -0.0602. The first-order valence-corrected chi connectivity index (χ1v) is 6.93. The van der Waals surface area contributed by atoms with E-state index in [2.05, 4.69) is 0 Å². The van der Waals surface area contributed by atoms with Gasteiger partial charge in [0.25, 0.3) is 0 Å². The maximum atomic E-state index is 13.1. The highest BCUT2D eigenvalue weighted by Crippen LogP contribution is 2.30. The Morgan fingerprint density at radius 1 is 1.05 bits per heavy atom. The summed E-state index contributed by atoms with van der Waals surface area (Å²) < 4.78 is 32.0. The fourth-order valence-corrected chi connectivity index (χ4v) is 2.65. The molecule has 0 amide bonds. The van der Waals surface area contributed by atoms with Crippen molar-refractivity contribution >= 4 is 0 Å². The first-order valence-electron chi connectivity index (χ1n) is 6.93. The Bertz CT molecular complexity index is 415. The molecular weight excluding hydrogens is 248 g/mol. The van der Waals surface area contributed by atoms with Crippen LogP contribution in [0.2, 0.25) is 0 Å². The van der Waals surface area contributed by atoms with Crippen LogP contribution >= 0.6 is 0 Å². The van der Waals surface area contributed by atoms with Crippen LogP contribution in [0.3, 0.4) is 0 Å². The number of nitrogens with two attached hydrogens (primary N) is 1. The summed E-state index contributed by atoms with van der Waals surface area (Å²) in [6.07, 6.45) is 6.58. The zero-order chi connectivity index (χ0) is 13.7.